The maximum atomic E-state index is 2.45. The third-order valence-electron chi connectivity index (χ3n) is 11.6. The van der Waals surface area contributed by atoms with Gasteiger partial charge in [-0.2, -0.15) is 0 Å². The van der Waals surface area contributed by atoms with E-state index in [-0.39, 0.29) is 10.8 Å². The fourth-order valence-corrected chi connectivity index (χ4v) is 9.06. The summed E-state index contributed by atoms with van der Waals surface area (Å²) in [6.07, 6.45) is 0. The van der Waals surface area contributed by atoms with E-state index in [9.17, 15) is 0 Å². The van der Waals surface area contributed by atoms with Crippen molar-refractivity contribution in [1.82, 2.24) is 4.57 Å². The van der Waals surface area contributed by atoms with E-state index >= 15 is 0 Å². The summed E-state index contributed by atoms with van der Waals surface area (Å²) in [5, 5.41) is 2.55. The lowest BCUT2D eigenvalue weighted by atomic mass is 9.82. The maximum Gasteiger partial charge on any atom is 0.0541 e. The van der Waals surface area contributed by atoms with Crippen molar-refractivity contribution in [2.45, 2.75) is 38.5 Å². The molecule has 8 aromatic rings. The Bertz CT molecular complexity index is 2490. The van der Waals surface area contributed by atoms with Crippen LogP contribution < -0.4 is 4.90 Å². The molecule has 0 unspecified atom stereocenters. The number of benzene rings is 7. The maximum absolute atomic E-state index is 2.45. The van der Waals surface area contributed by atoms with E-state index in [1.165, 1.54) is 77.7 Å². The molecule has 0 bridgehead atoms. The Hall–Kier alpha value is -5.86. The van der Waals surface area contributed by atoms with E-state index in [0.717, 1.165) is 11.4 Å². The van der Waals surface area contributed by atoms with Crippen LogP contribution in [-0.2, 0) is 10.8 Å². The van der Waals surface area contributed by atoms with E-state index in [4.69, 9.17) is 0 Å². The number of fused-ring (bicyclic) bond motifs is 9. The van der Waals surface area contributed by atoms with Gasteiger partial charge in [0.2, 0.25) is 0 Å². The van der Waals surface area contributed by atoms with Crippen LogP contribution in [0, 0.1) is 0 Å². The summed E-state index contributed by atoms with van der Waals surface area (Å²) < 4.78 is 2.39. The van der Waals surface area contributed by atoms with Crippen LogP contribution in [0.4, 0.5) is 17.1 Å². The minimum absolute atomic E-state index is 0.0877. The molecule has 0 radical (unpaired) electrons. The van der Waals surface area contributed by atoms with Crippen LogP contribution in [0.15, 0.2) is 158 Å². The minimum atomic E-state index is -0.0877. The van der Waals surface area contributed by atoms with Crippen molar-refractivity contribution < 1.29 is 0 Å². The molecule has 240 valence electrons. The summed E-state index contributed by atoms with van der Waals surface area (Å²) in [4.78, 5) is 2.45. The molecule has 2 aliphatic rings. The van der Waals surface area contributed by atoms with Gasteiger partial charge in [-0.05, 0) is 105 Å². The Morgan fingerprint density at radius 1 is 0.380 bits per heavy atom. The molecule has 0 atom stereocenters. The van der Waals surface area contributed by atoms with Gasteiger partial charge in [-0.15, -0.1) is 0 Å². The van der Waals surface area contributed by atoms with Gasteiger partial charge >= 0.3 is 0 Å². The summed E-state index contributed by atoms with van der Waals surface area (Å²) >= 11 is 0. The fraction of sp³-hybridized carbons (Fsp3) is 0.125. The second-order valence-electron chi connectivity index (χ2n) is 15.0. The van der Waals surface area contributed by atoms with Gasteiger partial charge in [0.05, 0.1) is 11.0 Å². The molecule has 0 fully saturated rings. The van der Waals surface area contributed by atoms with E-state index < -0.39 is 0 Å². The predicted octanol–water partition coefficient (Wildman–Crippen LogP) is 12.9. The molecule has 0 N–H and O–H groups in total. The predicted molar refractivity (Wildman–Crippen MR) is 211 cm³/mol. The minimum Gasteiger partial charge on any atom is -0.310 e. The summed E-state index contributed by atoms with van der Waals surface area (Å²) in [6.45, 7) is 9.45. The molecule has 2 heteroatoms. The Morgan fingerprint density at radius 3 is 1.28 bits per heavy atom. The van der Waals surface area contributed by atoms with Gasteiger partial charge in [0.15, 0.2) is 0 Å². The molecular weight excluding hydrogens is 605 g/mol. The summed E-state index contributed by atoms with van der Waals surface area (Å²) in [7, 11) is 0. The first-order valence-corrected chi connectivity index (χ1v) is 17.7. The molecule has 2 aliphatic carbocycles. The van der Waals surface area contributed by atoms with Crippen molar-refractivity contribution >= 4 is 38.9 Å². The lowest BCUT2D eigenvalue weighted by Gasteiger charge is -2.30. The highest BCUT2D eigenvalue weighted by Gasteiger charge is 2.37. The Labute approximate surface area is 293 Å². The van der Waals surface area contributed by atoms with E-state index in [1.54, 1.807) is 0 Å². The zero-order valence-electron chi connectivity index (χ0n) is 28.9. The first kappa shape index (κ1) is 29.1. The summed E-state index contributed by atoms with van der Waals surface area (Å²) in [6, 6.07) is 58.5. The lowest BCUT2D eigenvalue weighted by Crippen LogP contribution is -2.18. The van der Waals surface area contributed by atoms with Gasteiger partial charge in [0.1, 0.15) is 0 Å². The monoisotopic (exact) mass is 642 g/mol. The number of para-hydroxylation sites is 2. The number of aromatic nitrogens is 1. The molecule has 1 aromatic heterocycles. The van der Waals surface area contributed by atoms with Gasteiger partial charge in [0.25, 0.3) is 0 Å². The SMILES string of the molecule is CC1(C)c2ccccc2-c2ccc(N(c3ccc(-n4c5ccccc5c5ccccc54)cc3)c3ccc4c(c3)C(C)(C)c3ccccc3-4)cc21. The number of hydrogen-bond acceptors (Lipinski definition) is 1. The van der Waals surface area contributed by atoms with Crippen LogP contribution in [0.25, 0.3) is 49.7 Å². The van der Waals surface area contributed by atoms with Crippen molar-refractivity contribution in [3.63, 3.8) is 0 Å². The number of nitrogens with zero attached hydrogens (tertiary/aromatic N) is 2. The van der Waals surface area contributed by atoms with Gasteiger partial charge in [-0.3, -0.25) is 0 Å². The fourth-order valence-electron chi connectivity index (χ4n) is 9.06. The third kappa shape index (κ3) is 3.96. The van der Waals surface area contributed by atoms with Crippen LogP contribution in [0.3, 0.4) is 0 Å². The normalized spacial score (nSPS) is 14.7. The first-order valence-electron chi connectivity index (χ1n) is 17.7. The van der Waals surface area contributed by atoms with Crippen molar-refractivity contribution in [3.8, 4) is 27.9 Å². The highest BCUT2D eigenvalue weighted by Crippen LogP contribution is 2.53. The smallest absolute Gasteiger partial charge is 0.0541 e. The van der Waals surface area contributed by atoms with Crippen molar-refractivity contribution in [2.24, 2.45) is 0 Å². The molecule has 7 aromatic carbocycles. The zero-order valence-corrected chi connectivity index (χ0v) is 28.9. The van der Waals surface area contributed by atoms with E-state index in [0.29, 0.717) is 0 Å². The Morgan fingerprint density at radius 2 is 0.780 bits per heavy atom. The molecule has 0 spiro atoms. The van der Waals surface area contributed by atoms with E-state index in [2.05, 4.69) is 195 Å². The largest absolute Gasteiger partial charge is 0.310 e. The van der Waals surface area contributed by atoms with Crippen LogP contribution >= 0.6 is 0 Å². The van der Waals surface area contributed by atoms with Crippen molar-refractivity contribution in [1.29, 1.82) is 0 Å². The standard InChI is InChI=1S/C48H38N2/c1-47(2)41-17-9-5-13-35(41)37-27-25-33(29-43(37)47)49(34-26-28-38-36-14-6-10-18-42(36)48(3,4)44(38)30-34)31-21-23-32(24-22-31)50-45-19-11-7-15-39(45)40-16-8-12-20-46(40)50/h5-30H,1-4H3. The number of rotatable bonds is 4. The zero-order chi connectivity index (χ0) is 33.8. The average molecular weight is 643 g/mol. The van der Waals surface area contributed by atoms with E-state index in [1.807, 2.05) is 0 Å². The molecule has 2 nitrogen and oxygen atoms in total. The Kier molecular flexibility index (Phi) is 6.01. The average Bonchev–Trinajstić information content (AvgIpc) is 3.69. The van der Waals surface area contributed by atoms with Gasteiger partial charge in [0, 0.05) is 44.4 Å². The topological polar surface area (TPSA) is 8.17 Å². The molecular formula is C48H38N2. The molecule has 0 saturated heterocycles. The Balaban J connectivity index is 1.15. The molecule has 0 amide bonds. The van der Waals surface area contributed by atoms with Crippen LogP contribution in [0.2, 0.25) is 0 Å². The van der Waals surface area contributed by atoms with Crippen LogP contribution in [0.5, 0.6) is 0 Å². The lowest BCUT2D eigenvalue weighted by molar-refractivity contribution is 0.660. The number of anilines is 3. The molecule has 0 aliphatic heterocycles. The molecule has 1 heterocycles. The van der Waals surface area contributed by atoms with Crippen LogP contribution in [0.1, 0.15) is 49.9 Å². The highest BCUT2D eigenvalue weighted by molar-refractivity contribution is 6.09. The van der Waals surface area contributed by atoms with Crippen molar-refractivity contribution in [2.75, 3.05) is 4.90 Å². The number of hydrogen-bond donors (Lipinski definition) is 0. The molecule has 0 saturated carbocycles. The molecule has 50 heavy (non-hydrogen) atoms. The van der Waals surface area contributed by atoms with Gasteiger partial charge < -0.3 is 9.47 Å². The quantitative estimate of drug-likeness (QED) is 0.185. The summed E-state index contributed by atoms with van der Waals surface area (Å²) in [5.41, 5.74) is 17.8. The van der Waals surface area contributed by atoms with Gasteiger partial charge in [-0.1, -0.05) is 125 Å². The molecule has 10 rings (SSSR count). The summed E-state index contributed by atoms with van der Waals surface area (Å²) in [5.74, 6) is 0. The van der Waals surface area contributed by atoms with Crippen LogP contribution in [-0.4, -0.2) is 4.57 Å². The van der Waals surface area contributed by atoms with Gasteiger partial charge in [-0.25, -0.2) is 0 Å². The third-order valence-corrected chi connectivity index (χ3v) is 11.6. The second kappa shape index (κ2) is 10.3. The van der Waals surface area contributed by atoms with Crippen molar-refractivity contribution in [3.05, 3.63) is 180 Å². The highest BCUT2D eigenvalue weighted by atomic mass is 15.1. The second-order valence-corrected chi connectivity index (χ2v) is 15.0. The first-order chi connectivity index (χ1) is 24.3.